The van der Waals surface area contributed by atoms with Crippen LogP contribution in [0, 0.1) is 0 Å². The third-order valence-electron chi connectivity index (χ3n) is 3.48. The minimum atomic E-state index is -0.863. The molecule has 26 heavy (non-hydrogen) atoms. The van der Waals surface area contributed by atoms with Gasteiger partial charge >= 0.3 is 12.1 Å². The molecule has 2 rings (SSSR count). The van der Waals surface area contributed by atoms with Crippen molar-refractivity contribution in [2.75, 3.05) is 19.0 Å². The van der Waals surface area contributed by atoms with E-state index in [1.165, 1.54) is 7.11 Å². The molecule has 0 bridgehead atoms. The largest absolute Gasteiger partial charge is 0.465 e. The van der Waals surface area contributed by atoms with E-state index in [1.54, 1.807) is 49.4 Å². The summed E-state index contributed by atoms with van der Waals surface area (Å²) in [6, 6.07) is 11.9. The summed E-state index contributed by atoms with van der Waals surface area (Å²) in [4.78, 5) is 23.4. The predicted octanol–water partition coefficient (Wildman–Crippen LogP) is 4.22. The Morgan fingerprint density at radius 1 is 1.15 bits per heavy atom. The molecule has 0 spiro atoms. The highest BCUT2D eigenvalue weighted by atomic mass is 35.5. The summed E-state index contributed by atoms with van der Waals surface area (Å²) in [5.74, 6) is -0.482. The lowest BCUT2D eigenvalue weighted by Gasteiger charge is -2.17. The Morgan fingerprint density at radius 3 is 2.54 bits per heavy atom. The van der Waals surface area contributed by atoms with Crippen molar-refractivity contribution < 1.29 is 24.3 Å². The van der Waals surface area contributed by atoms with Crippen molar-refractivity contribution in [3.63, 3.8) is 0 Å². The first-order valence-corrected chi connectivity index (χ1v) is 8.20. The number of esters is 1. The fraction of sp³-hybridized carbons (Fsp3) is 0.222. The summed E-state index contributed by atoms with van der Waals surface area (Å²) in [6.07, 6.45) is -0.863. The van der Waals surface area contributed by atoms with Gasteiger partial charge in [-0.1, -0.05) is 35.9 Å². The van der Waals surface area contributed by atoms with E-state index in [-0.39, 0.29) is 13.2 Å². The SMILES string of the molecule is CCOC(=O)N(O)Cc1cccc(Nc2ccccc2C(=O)OC)c1Cl. The van der Waals surface area contributed by atoms with Gasteiger partial charge in [-0.25, -0.2) is 9.59 Å². The number of anilines is 2. The van der Waals surface area contributed by atoms with E-state index in [0.29, 0.717) is 32.6 Å². The topological polar surface area (TPSA) is 88.1 Å². The van der Waals surface area contributed by atoms with Gasteiger partial charge in [-0.15, -0.1) is 0 Å². The summed E-state index contributed by atoms with van der Waals surface area (Å²) in [5, 5.41) is 13.6. The Morgan fingerprint density at radius 2 is 1.85 bits per heavy atom. The van der Waals surface area contributed by atoms with Crippen molar-refractivity contribution in [3.05, 3.63) is 58.6 Å². The maximum absolute atomic E-state index is 11.9. The third kappa shape index (κ3) is 4.65. The fourth-order valence-corrected chi connectivity index (χ4v) is 2.48. The van der Waals surface area contributed by atoms with E-state index in [0.717, 1.165) is 0 Å². The van der Waals surface area contributed by atoms with Gasteiger partial charge in [0.2, 0.25) is 0 Å². The smallest absolute Gasteiger partial charge is 0.434 e. The maximum Gasteiger partial charge on any atom is 0.434 e. The molecule has 0 saturated heterocycles. The quantitative estimate of drug-likeness (QED) is 0.444. The van der Waals surface area contributed by atoms with E-state index in [1.807, 2.05) is 0 Å². The molecule has 8 heteroatoms. The van der Waals surface area contributed by atoms with Crippen LogP contribution in [0.4, 0.5) is 16.2 Å². The summed E-state index contributed by atoms with van der Waals surface area (Å²) < 4.78 is 9.49. The van der Waals surface area contributed by atoms with E-state index in [9.17, 15) is 14.8 Å². The molecule has 1 amide bonds. The Hall–Kier alpha value is -2.77. The molecular formula is C18H19ClN2O5. The van der Waals surface area contributed by atoms with Gasteiger partial charge < -0.3 is 14.8 Å². The normalized spacial score (nSPS) is 10.2. The van der Waals surface area contributed by atoms with E-state index in [4.69, 9.17) is 21.1 Å². The van der Waals surface area contributed by atoms with Gasteiger partial charge in [0.05, 0.1) is 42.2 Å². The van der Waals surface area contributed by atoms with E-state index >= 15 is 0 Å². The standard InChI is InChI=1S/C18H19ClN2O5/c1-3-26-18(23)21(24)11-12-7-6-10-15(16(12)19)20-14-9-5-4-8-13(14)17(22)25-2/h4-10,20,24H,3,11H2,1-2H3. The van der Waals surface area contributed by atoms with Crippen molar-refractivity contribution in [1.29, 1.82) is 0 Å². The maximum atomic E-state index is 11.9. The van der Waals surface area contributed by atoms with Crippen LogP contribution in [0.5, 0.6) is 0 Å². The minimum Gasteiger partial charge on any atom is -0.465 e. The molecule has 2 aromatic rings. The van der Waals surface area contributed by atoms with Crippen LogP contribution in [0.2, 0.25) is 5.02 Å². The van der Waals surface area contributed by atoms with Crippen LogP contribution in [0.25, 0.3) is 0 Å². The zero-order valence-corrected chi connectivity index (χ0v) is 15.1. The molecule has 0 aliphatic rings. The number of halogens is 1. The van der Waals surface area contributed by atoms with Gasteiger partial charge in [0.15, 0.2) is 0 Å². The van der Waals surface area contributed by atoms with E-state index in [2.05, 4.69) is 5.32 Å². The lowest BCUT2D eigenvalue weighted by atomic mass is 10.1. The molecule has 0 fully saturated rings. The molecule has 0 aliphatic heterocycles. The van der Waals surface area contributed by atoms with Gasteiger partial charge in [0.1, 0.15) is 0 Å². The van der Waals surface area contributed by atoms with Crippen molar-refractivity contribution in [1.82, 2.24) is 5.06 Å². The number of hydrogen-bond donors (Lipinski definition) is 2. The van der Waals surface area contributed by atoms with Crippen LogP contribution in [-0.2, 0) is 16.0 Å². The molecule has 138 valence electrons. The molecule has 0 aliphatic carbocycles. The number of rotatable bonds is 6. The van der Waals surface area contributed by atoms with Gasteiger partial charge in [0, 0.05) is 0 Å². The predicted molar refractivity (Wildman–Crippen MR) is 96.9 cm³/mol. The van der Waals surface area contributed by atoms with Gasteiger partial charge in [0.25, 0.3) is 0 Å². The first-order chi connectivity index (χ1) is 12.5. The fourth-order valence-electron chi connectivity index (χ4n) is 2.25. The summed E-state index contributed by atoms with van der Waals surface area (Å²) in [6.45, 7) is 1.64. The molecule has 0 atom stereocenters. The molecule has 7 nitrogen and oxygen atoms in total. The van der Waals surface area contributed by atoms with Crippen molar-refractivity contribution >= 4 is 35.0 Å². The third-order valence-corrected chi connectivity index (χ3v) is 3.93. The summed E-state index contributed by atoms with van der Waals surface area (Å²) >= 11 is 6.38. The number of ether oxygens (including phenoxy) is 2. The number of nitrogens with one attached hydrogen (secondary N) is 1. The number of hydroxylamine groups is 2. The highest BCUT2D eigenvalue weighted by Crippen LogP contribution is 2.31. The lowest BCUT2D eigenvalue weighted by Crippen LogP contribution is -2.27. The number of methoxy groups -OCH3 is 1. The second-order valence-electron chi connectivity index (χ2n) is 5.20. The number of para-hydroxylation sites is 1. The Kier molecular flexibility index (Phi) is 6.82. The summed E-state index contributed by atoms with van der Waals surface area (Å²) in [7, 11) is 1.30. The van der Waals surface area contributed by atoms with Crippen molar-refractivity contribution in [2.45, 2.75) is 13.5 Å². The first-order valence-electron chi connectivity index (χ1n) is 7.82. The molecule has 2 aromatic carbocycles. The average Bonchev–Trinajstić information content (AvgIpc) is 2.65. The number of nitrogens with zero attached hydrogens (tertiary/aromatic N) is 1. The van der Waals surface area contributed by atoms with Crippen LogP contribution < -0.4 is 5.32 Å². The van der Waals surface area contributed by atoms with Crippen LogP contribution in [0.15, 0.2) is 42.5 Å². The van der Waals surface area contributed by atoms with Crippen LogP contribution in [0.1, 0.15) is 22.8 Å². The molecule has 2 N–H and O–H groups in total. The molecular weight excluding hydrogens is 360 g/mol. The Labute approximate surface area is 156 Å². The zero-order valence-electron chi connectivity index (χ0n) is 14.4. The van der Waals surface area contributed by atoms with Crippen LogP contribution >= 0.6 is 11.6 Å². The number of carbonyl (C=O) groups is 2. The second-order valence-corrected chi connectivity index (χ2v) is 5.58. The average molecular weight is 379 g/mol. The summed E-state index contributed by atoms with van der Waals surface area (Å²) in [5.41, 5.74) is 1.89. The number of hydrogen-bond acceptors (Lipinski definition) is 6. The van der Waals surface area contributed by atoms with Crippen LogP contribution in [0.3, 0.4) is 0 Å². The number of carbonyl (C=O) groups excluding carboxylic acids is 2. The highest BCUT2D eigenvalue weighted by molar-refractivity contribution is 6.34. The Bertz CT molecular complexity index is 797. The number of benzene rings is 2. The molecule has 0 aromatic heterocycles. The molecule has 0 radical (unpaired) electrons. The van der Waals surface area contributed by atoms with Gasteiger partial charge in [-0.2, -0.15) is 5.06 Å². The Balaban J connectivity index is 2.25. The monoisotopic (exact) mass is 378 g/mol. The molecule has 0 saturated carbocycles. The number of amides is 1. The minimum absolute atomic E-state index is 0.147. The molecule has 0 heterocycles. The molecule has 0 unspecified atom stereocenters. The second kappa shape index (κ2) is 9.07. The van der Waals surface area contributed by atoms with E-state index < -0.39 is 12.1 Å². The van der Waals surface area contributed by atoms with Crippen molar-refractivity contribution in [3.8, 4) is 0 Å². The lowest BCUT2D eigenvalue weighted by molar-refractivity contribution is -0.0800. The first kappa shape index (κ1) is 19.6. The van der Waals surface area contributed by atoms with Crippen molar-refractivity contribution in [2.24, 2.45) is 0 Å². The van der Waals surface area contributed by atoms with Crippen LogP contribution in [-0.4, -0.2) is 36.0 Å². The highest BCUT2D eigenvalue weighted by Gasteiger charge is 2.17. The van der Waals surface area contributed by atoms with Gasteiger partial charge in [-0.3, -0.25) is 5.21 Å². The zero-order chi connectivity index (χ0) is 19.1. The van der Waals surface area contributed by atoms with Gasteiger partial charge in [-0.05, 0) is 30.7 Å².